The standard InChI is InChI=1S/C33H44N8O2/c1-7-40(8-2)30(42)33(5,6)25-9-10-28-27(20-25)26(29(39-28)24-18-22(3)17-23(4)19-24)11-12-35-31(38-21-34)36-13-15-41-16-14-37-32(41)43/h9-10,17-20,39H,7-8,11-16H2,1-6H3,(H,37,43)(H2,35,36,38). The van der Waals surface area contributed by atoms with Crippen LogP contribution in [-0.4, -0.2) is 78.5 Å². The first-order chi connectivity index (χ1) is 20.6. The fraction of sp³-hybridized carbons (Fsp3) is 0.455. The molecule has 228 valence electrons. The van der Waals surface area contributed by atoms with E-state index in [0.29, 0.717) is 58.2 Å². The molecule has 1 aliphatic heterocycles. The molecule has 0 radical (unpaired) electrons. The predicted octanol–water partition coefficient (Wildman–Crippen LogP) is 4.18. The molecule has 2 heterocycles. The smallest absolute Gasteiger partial charge is 0.317 e. The third-order valence-corrected chi connectivity index (χ3v) is 8.15. The van der Waals surface area contributed by atoms with Crippen LogP contribution in [0.3, 0.4) is 0 Å². The van der Waals surface area contributed by atoms with Crippen LogP contribution in [0.2, 0.25) is 0 Å². The van der Waals surface area contributed by atoms with E-state index in [0.717, 1.165) is 33.3 Å². The Labute approximate surface area is 254 Å². The van der Waals surface area contributed by atoms with E-state index in [9.17, 15) is 14.9 Å². The van der Waals surface area contributed by atoms with Gasteiger partial charge in [-0.15, -0.1) is 0 Å². The summed E-state index contributed by atoms with van der Waals surface area (Å²) in [6.07, 6.45) is 2.57. The van der Waals surface area contributed by atoms with Crippen molar-refractivity contribution < 1.29 is 9.59 Å². The van der Waals surface area contributed by atoms with Crippen molar-refractivity contribution in [2.45, 2.75) is 53.4 Å². The molecular weight excluding hydrogens is 540 g/mol. The lowest BCUT2D eigenvalue weighted by atomic mass is 9.82. The summed E-state index contributed by atoms with van der Waals surface area (Å²) in [6, 6.07) is 12.7. The maximum atomic E-state index is 13.5. The highest BCUT2D eigenvalue weighted by Gasteiger charge is 2.33. The van der Waals surface area contributed by atoms with Crippen LogP contribution in [0, 0.1) is 25.3 Å². The predicted molar refractivity (Wildman–Crippen MR) is 172 cm³/mol. The maximum Gasteiger partial charge on any atom is 0.317 e. The maximum absolute atomic E-state index is 13.5. The van der Waals surface area contributed by atoms with Crippen molar-refractivity contribution in [1.29, 1.82) is 5.26 Å². The Morgan fingerprint density at radius 2 is 1.86 bits per heavy atom. The summed E-state index contributed by atoms with van der Waals surface area (Å²) in [5, 5.41) is 18.9. The van der Waals surface area contributed by atoms with E-state index in [4.69, 9.17) is 0 Å². The molecule has 1 aromatic heterocycles. The normalized spacial score (nSPS) is 13.7. The van der Waals surface area contributed by atoms with E-state index in [-0.39, 0.29) is 11.9 Å². The fourth-order valence-corrected chi connectivity index (χ4v) is 5.80. The molecule has 1 saturated heterocycles. The number of aliphatic imine (C=N–C) groups is 1. The van der Waals surface area contributed by atoms with Crippen LogP contribution in [-0.2, 0) is 16.6 Å². The SMILES string of the molecule is CCN(CC)C(=O)C(C)(C)c1ccc2[nH]c(-c3cc(C)cc(C)c3)c(CCN=C(NC#N)NCCN3CCNC3=O)c2c1. The summed E-state index contributed by atoms with van der Waals surface area (Å²) in [4.78, 5) is 37.2. The molecule has 0 spiro atoms. The molecule has 2 aromatic carbocycles. The van der Waals surface area contributed by atoms with Crippen LogP contribution in [0.25, 0.3) is 22.2 Å². The summed E-state index contributed by atoms with van der Waals surface area (Å²) < 4.78 is 0. The number of carbonyl (C=O) groups is 2. The number of fused-ring (bicyclic) bond motifs is 1. The zero-order valence-electron chi connectivity index (χ0n) is 26.2. The first-order valence-corrected chi connectivity index (χ1v) is 15.1. The highest BCUT2D eigenvalue weighted by Crippen LogP contribution is 2.35. The van der Waals surface area contributed by atoms with E-state index < -0.39 is 5.41 Å². The number of hydrogen-bond donors (Lipinski definition) is 4. The Bertz CT molecular complexity index is 1520. The molecule has 4 N–H and O–H groups in total. The molecule has 0 saturated carbocycles. The lowest BCUT2D eigenvalue weighted by Gasteiger charge is -2.31. The van der Waals surface area contributed by atoms with Gasteiger partial charge >= 0.3 is 6.03 Å². The van der Waals surface area contributed by atoms with Crippen molar-refractivity contribution in [2.75, 3.05) is 45.8 Å². The summed E-state index contributed by atoms with van der Waals surface area (Å²) in [5.74, 6) is 0.485. The number of aromatic nitrogens is 1. The minimum atomic E-state index is -0.687. The zero-order chi connectivity index (χ0) is 31.1. The third kappa shape index (κ3) is 7.11. The van der Waals surface area contributed by atoms with Crippen LogP contribution in [0.5, 0.6) is 0 Å². The Balaban J connectivity index is 1.67. The van der Waals surface area contributed by atoms with Crippen LogP contribution in [0.15, 0.2) is 41.4 Å². The molecule has 1 fully saturated rings. The highest BCUT2D eigenvalue weighted by atomic mass is 16.2. The van der Waals surface area contributed by atoms with Gasteiger partial charge in [-0.2, -0.15) is 5.26 Å². The van der Waals surface area contributed by atoms with Gasteiger partial charge in [0.15, 0.2) is 6.19 Å². The number of aryl methyl sites for hydroxylation is 2. The van der Waals surface area contributed by atoms with E-state index in [1.807, 2.05) is 44.9 Å². The number of amides is 3. The summed E-state index contributed by atoms with van der Waals surface area (Å²) in [5.41, 5.74) is 6.89. The molecule has 10 heteroatoms. The van der Waals surface area contributed by atoms with Gasteiger partial charge in [-0.05, 0) is 88.9 Å². The fourth-order valence-electron chi connectivity index (χ4n) is 5.80. The number of urea groups is 1. The third-order valence-electron chi connectivity index (χ3n) is 8.15. The number of nitriles is 1. The number of carbonyl (C=O) groups excluding carboxylic acids is 2. The van der Waals surface area contributed by atoms with Gasteiger partial charge < -0.3 is 25.4 Å². The van der Waals surface area contributed by atoms with Gasteiger partial charge in [0.25, 0.3) is 0 Å². The van der Waals surface area contributed by atoms with Gasteiger partial charge in [0, 0.05) is 62.4 Å². The van der Waals surface area contributed by atoms with Gasteiger partial charge in [-0.3, -0.25) is 15.1 Å². The number of hydrogen-bond acceptors (Lipinski definition) is 4. The number of rotatable bonds is 11. The number of nitrogens with one attached hydrogen (secondary N) is 4. The first kappa shape index (κ1) is 31.4. The summed E-state index contributed by atoms with van der Waals surface area (Å²) in [6.45, 7) is 16.3. The van der Waals surface area contributed by atoms with Crippen molar-refractivity contribution >= 4 is 28.8 Å². The van der Waals surface area contributed by atoms with Crippen LogP contribution < -0.4 is 16.0 Å². The molecule has 10 nitrogen and oxygen atoms in total. The minimum absolute atomic E-state index is 0.0758. The second kappa shape index (κ2) is 13.6. The number of H-pyrrole nitrogens is 1. The average Bonchev–Trinajstić information content (AvgIpc) is 3.55. The van der Waals surface area contributed by atoms with E-state index in [2.05, 4.69) is 70.1 Å². The highest BCUT2D eigenvalue weighted by molar-refractivity contribution is 5.94. The Morgan fingerprint density at radius 1 is 1.14 bits per heavy atom. The van der Waals surface area contributed by atoms with Crippen LogP contribution in [0.4, 0.5) is 4.79 Å². The molecule has 0 bridgehead atoms. The topological polar surface area (TPSA) is 129 Å². The number of benzene rings is 2. The van der Waals surface area contributed by atoms with E-state index in [1.54, 1.807) is 4.90 Å². The van der Waals surface area contributed by atoms with Crippen molar-refractivity contribution in [3.8, 4) is 17.5 Å². The Kier molecular flexibility index (Phi) is 9.96. The second-order valence-corrected chi connectivity index (χ2v) is 11.6. The molecule has 0 unspecified atom stereocenters. The van der Waals surface area contributed by atoms with Gasteiger partial charge in [0.2, 0.25) is 11.9 Å². The lowest BCUT2D eigenvalue weighted by molar-refractivity contribution is -0.135. The minimum Gasteiger partial charge on any atom is -0.354 e. The van der Waals surface area contributed by atoms with Crippen LogP contribution in [0.1, 0.15) is 49.9 Å². The van der Waals surface area contributed by atoms with Gasteiger partial charge in [-0.25, -0.2) is 4.79 Å². The number of likely N-dealkylation sites (N-methyl/N-ethyl adjacent to an activating group) is 1. The number of aromatic amines is 1. The molecule has 4 rings (SSSR count). The lowest BCUT2D eigenvalue weighted by Crippen LogP contribution is -2.43. The zero-order valence-corrected chi connectivity index (χ0v) is 26.2. The second-order valence-electron chi connectivity index (χ2n) is 11.6. The summed E-state index contributed by atoms with van der Waals surface area (Å²) in [7, 11) is 0. The van der Waals surface area contributed by atoms with Crippen molar-refractivity contribution in [2.24, 2.45) is 4.99 Å². The number of guanidine groups is 1. The van der Waals surface area contributed by atoms with Crippen molar-refractivity contribution in [1.82, 2.24) is 30.7 Å². The van der Waals surface area contributed by atoms with Crippen molar-refractivity contribution in [3.05, 3.63) is 58.7 Å². The molecular formula is C33H44N8O2. The Morgan fingerprint density at radius 3 is 2.49 bits per heavy atom. The Hall–Kier alpha value is -4.52. The van der Waals surface area contributed by atoms with E-state index in [1.165, 1.54) is 11.1 Å². The molecule has 1 aliphatic rings. The van der Waals surface area contributed by atoms with Gasteiger partial charge in [0.1, 0.15) is 0 Å². The van der Waals surface area contributed by atoms with E-state index >= 15 is 0 Å². The van der Waals surface area contributed by atoms with Gasteiger partial charge in [0.05, 0.1) is 5.41 Å². The number of nitrogens with zero attached hydrogens (tertiary/aromatic N) is 4. The quantitative estimate of drug-likeness (QED) is 0.116. The monoisotopic (exact) mass is 584 g/mol. The summed E-state index contributed by atoms with van der Waals surface area (Å²) >= 11 is 0. The van der Waals surface area contributed by atoms with Crippen LogP contribution >= 0.6 is 0 Å². The molecule has 3 aromatic rings. The first-order valence-electron chi connectivity index (χ1n) is 15.1. The molecule has 0 atom stereocenters. The molecule has 43 heavy (non-hydrogen) atoms. The van der Waals surface area contributed by atoms with Gasteiger partial charge in [-0.1, -0.05) is 23.3 Å². The molecule has 0 aliphatic carbocycles. The molecule has 3 amide bonds. The average molecular weight is 585 g/mol. The van der Waals surface area contributed by atoms with Crippen molar-refractivity contribution in [3.63, 3.8) is 0 Å². The largest absolute Gasteiger partial charge is 0.354 e.